The molecule has 0 spiro atoms. The molecule has 0 radical (unpaired) electrons. The van der Waals surface area contributed by atoms with Crippen molar-refractivity contribution in [2.75, 3.05) is 7.11 Å². The molecule has 0 aliphatic heterocycles. The van der Waals surface area contributed by atoms with Crippen molar-refractivity contribution in [3.05, 3.63) is 11.9 Å². The maximum atomic E-state index is 11.0. The number of ether oxygens (including phenoxy) is 1. The van der Waals surface area contributed by atoms with E-state index in [0.717, 1.165) is 36.6 Å². The third kappa shape index (κ3) is 1.92. The molecule has 1 aromatic heterocycles. The van der Waals surface area contributed by atoms with E-state index in [0.29, 0.717) is 5.92 Å². The number of hydrogen-bond donors (Lipinski definition) is 1. The highest BCUT2D eigenvalue weighted by atomic mass is 16.5. The van der Waals surface area contributed by atoms with Crippen molar-refractivity contribution in [1.29, 1.82) is 0 Å². The Morgan fingerprint density at radius 2 is 2.17 bits per heavy atom. The molecule has 2 atom stereocenters. The summed E-state index contributed by atoms with van der Waals surface area (Å²) >= 11 is 0. The zero-order valence-electron chi connectivity index (χ0n) is 11.2. The van der Waals surface area contributed by atoms with Crippen molar-refractivity contribution < 1.29 is 9.84 Å². The lowest BCUT2D eigenvalue weighted by Crippen LogP contribution is -2.35. The van der Waals surface area contributed by atoms with Crippen molar-refractivity contribution in [1.82, 2.24) is 9.78 Å². The molecule has 1 aromatic rings. The molecule has 0 aromatic carbocycles. The van der Waals surface area contributed by atoms with E-state index in [-0.39, 0.29) is 0 Å². The Balaban J connectivity index is 1.90. The number of aromatic nitrogens is 2. The van der Waals surface area contributed by atoms with Crippen LogP contribution in [0.5, 0.6) is 5.75 Å². The molecule has 2 fully saturated rings. The summed E-state index contributed by atoms with van der Waals surface area (Å²) in [5, 5.41) is 15.3. The van der Waals surface area contributed by atoms with Crippen molar-refractivity contribution in [3.8, 4) is 5.75 Å². The second kappa shape index (κ2) is 4.26. The van der Waals surface area contributed by atoms with Crippen molar-refractivity contribution in [3.63, 3.8) is 0 Å². The summed E-state index contributed by atoms with van der Waals surface area (Å²) in [4.78, 5) is 0. The molecular formula is C14H22N2O2. The van der Waals surface area contributed by atoms with Gasteiger partial charge in [0.1, 0.15) is 11.3 Å². The lowest BCUT2D eigenvalue weighted by atomic mass is 9.74. The SMILES string of the molecule is COc1cnn(C)c1C1(O)CCCC(C2CC2)C1. The minimum atomic E-state index is -0.748. The van der Waals surface area contributed by atoms with Gasteiger partial charge in [0.15, 0.2) is 5.75 Å². The van der Waals surface area contributed by atoms with Crippen molar-refractivity contribution in [2.45, 2.75) is 44.1 Å². The van der Waals surface area contributed by atoms with Gasteiger partial charge in [-0.15, -0.1) is 0 Å². The van der Waals surface area contributed by atoms with Crippen LogP contribution < -0.4 is 4.74 Å². The van der Waals surface area contributed by atoms with Gasteiger partial charge in [-0.1, -0.05) is 0 Å². The first-order valence-corrected chi connectivity index (χ1v) is 6.93. The van der Waals surface area contributed by atoms with Gasteiger partial charge in [0.2, 0.25) is 0 Å². The topological polar surface area (TPSA) is 47.3 Å². The lowest BCUT2D eigenvalue weighted by molar-refractivity contribution is -0.0332. The highest BCUT2D eigenvalue weighted by Gasteiger charge is 2.44. The third-order valence-corrected chi connectivity index (χ3v) is 4.62. The van der Waals surface area contributed by atoms with Crippen molar-refractivity contribution >= 4 is 0 Å². The van der Waals surface area contributed by atoms with Crippen LogP contribution in [0.15, 0.2) is 6.20 Å². The largest absolute Gasteiger partial charge is 0.493 e. The van der Waals surface area contributed by atoms with E-state index < -0.39 is 5.60 Å². The molecule has 4 heteroatoms. The van der Waals surface area contributed by atoms with Gasteiger partial charge in [0, 0.05) is 7.05 Å². The van der Waals surface area contributed by atoms with E-state index >= 15 is 0 Å². The van der Waals surface area contributed by atoms with E-state index in [2.05, 4.69) is 5.10 Å². The maximum Gasteiger partial charge on any atom is 0.162 e. The molecule has 0 bridgehead atoms. The second-order valence-corrected chi connectivity index (χ2v) is 5.91. The first kappa shape index (κ1) is 12.0. The summed E-state index contributed by atoms with van der Waals surface area (Å²) in [6.45, 7) is 0. The van der Waals surface area contributed by atoms with Crippen LogP contribution >= 0.6 is 0 Å². The summed E-state index contributed by atoms with van der Waals surface area (Å²) in [7, 11) is 3.53. The smallest absolute Gasteiger partial charge is 0.162 e. The standard InChI is InChI=1S/C14H22N2O2/c1-16-13(12(18-2)9-15-16)14(17)7-3-4-11(8-14)10-5-6-10/h9-11,17H,3-8H2,1-2H3. The second-order valence-electron chi connectivity index (χ2n) is 5.91. The fourth-order valence-electron chi connectivity index (χ4n) is 3.58. The lowest BCUT2D eigenvalue weighted by Gasteiger charge is -2.37. The average Bonchev–Trinajstić information content (AvgIpc) is 3.12. The number of nitrogens with zero attached hydrogens (tertiary/aromatic N) is 2. The summed E-state index contributed by atoms with van der Waals surface area (Å²) < 4.78 is 7.12. The highest BCUT2D eigenvalue weighted by Crippen LogP contribution is 2.50. The van der Waals surface area contributed by atoms with Crippen LogP contribution in [0.3, 0.4) is 0 Å². The first-order valence-electron chi connectivity index (χ1n) is 6.93. The molecule has 0 amide bonds. The molecule has 2 unspecified atom stereocenters. The average molecular weight is 250 g/mol. The number of rotatable bonds is 3. The minimum absolute atomic E-state index is 0.684. The molecule has 4 nitrogen and oxygen atoms in total. The van der Waals surface area contributed by atoms with E-state index in [1.54, 1.807) is 18.0 Å². The molecule has 1 heterocycles. The quantitative estimate of drug-likeness (QED) is 0.894. The van der Waals surface area contributed by atoms with Crippen LogP contribution in [-0.2, 0) is 12.6 Å². The number of aliphatic hydroxyl groups is 1. The van der Waals surface area contributed by atoms with Gasteiger partial charge in [-0.25, -0.2) is 0 Å². The Morgan fingerprint density at radius 1 is 1.39 bits per heavy atom. The summed E-state index contributed by atoms with van der Waals surface area (Å²) in [5.74, 6) is 2.26. The molecule has 100 valence electrons. The van der Waals surface area contributed by atoms with Gasteiger partial charge in [0.05, 0.1) is 13.3 Å². The van der Waals surface area contributed by atoms with E-state index in [9.17, 15) is 5.11 Å². The molecule has 1 N–H and O–H groups in total. The van der Waals surface area contributed by atoms with Crippen molar-refractivity contribution in [2.24, 2.45) is 18.9 Å². The highest BCUT2D eigenvalue weighted by molar-refractivity contribution is 5.31. The molecule has 2 aliphatic carbocycles. The predicted octanol–water partition coefficient (Wildman–Crippen LogP) is 2.22. The van der Waals surface area contributed by atoms with Gasteiger partial charge in [-0.2, -0.15) is 5.10 Å². The predicted molar refractivity (Wildman–Crippen MR) is 68.3 cm³/mol. The zero-order valence-corrected chi connectivity index (χ0v) is 11.2. The minimum Gasteiger partial charge on any atom is -0.493 e. The van der Waals surface area contributed by atoms with Crippen LogP contribution in [-0.4, -0.2) is 22.0 Å². The molecule has 18 heavy (non-hydrogen) atoms. The first-order chi connectivity index (χ1) is 8.64. The summed E-state index contributed by atoms with van der Waals surface area (Å²) in [6.07, 6.45) is 8.47. The van der Waals surface area contributed by atoms with E-state index in [4.69, 9.17) is 4.74 Å². The van der Waals surface area contributed by atoms with E-state index in [1.165, 1.54) is 19.3 Å². The maximum absolute atomic E-state index is 11.0. The van der Waals surface area contributed by atoms with Crippen LogP contribution in [0.4, 0.5) is 0 Å². The normalized spacial score (nSPS) is 32.5. The summed E-state index contributed by atoms with van der Waals surface area (Å²) in [5.41, 5.74) is 0.109. The Bertz CT molecular complexity index is 439. The van der Waals surface area contributed by atoms with Crippen LogP contribution in [0.2, 0.25) is 0 Å². The van der Waals surface area contributed by atoms with E-state index in [1.807, 2.05) is 7.05 Å². The monoisotopic (exact) mass is 250 g/mol. The molecule has 2 aliphatic rings. The van der Waals surface area contributed by atoms with Gasteiger partial charge >= 0.3 is 0 Å². The molecule has 3 rings (SSSR count). The Kier molecular flexibility index (Phi) is 2.85. The third-order valence-electron chi connectivity index (χ3n) is 4.62. The van der Waals surface area contributed by atoms with Crippen LogP contribution in [0, 0.1) is 11.8 Å². The Morgan fingerprint density at radius 3 is 2.83 bits per heavy atom. The van der Waals surface area contributed by atoms with Gasteiger partial charge in [-0.3, -0.25) is 4.68 Å². The fourth-order valence-corrected chi connectivity index (χ4v) is 3.58. The number of hydrogen-bond acceptors (Lipinski definition) is 3. The summed E-state index contributed by atoms with van der Waals surface area (Å²) in [6, 6.07) is 0. The fraction of sp³-hybridized carbons (Fsp3) is 0.786. The van der Waals surface area contributed by atoms with Gasteiger partial charge in [-0.05, 0) is 50.4 Å². The molecule has 2 saturated carbocycles. The van der Waals surface area contributed by atoms with Gasteiger partial charge < -0.3 is 9.84 Å². The number of aryl methyl sites for hydroxylation is 1. The number of methoxy groups -OCH3 is 1. The Hall–Kier alpha value is -1.03. The molecule has 0 saturated heterocycles. The van der Waals surface area contributed by atoms with Crippen LogP contribution in [0.1, 0.15) is 44.2 Å². The Labute approximate surface area is 108 Å². The van der Waals surface area contributed by atoms with Crippen LogP contribution in [0.25, 0.3) is 0 Å². The van der Waals surface area contributed by atoms with Gasteiger partial charge in [0.25, 0.3) is 0 Å². The zero-order chi connectivity index (χ0) is 12.8. The molecular weight excluding hydrogens is 228 g/mol.